The summed E-state index contributed by atoms with van der Waals surface area (Å²) in [4.78, 5) is 23.7. The molecule has 2 aromatic rings. The Morgan fingerprint density at radius 2 is 1.82 bits per heavy atom. The van der Waals surface area contributed by atoms with Crippen molar-refractivity contribution in [1.82, 2.24) is 5.32 Å². The Balaban J connectivity index is 1.93. The van der Waals surface area contributed by atoms with E-state index in [-0.39, 0.29) is 0 Å². The number of methoxy groups -OCH3 is 1. The van der Waals surface area contributed by atoms with Crippen LogP contribution in [0.1, 0.15) is 11.1 Å². The molecule has 0 unspecified atom stereocenters. The van der Waals surface area contributed by atoms with E-state index in [1.807, 2.05) is 31.2 Å². The lowest BCUT2D eigenvalue weighted by molar-refractivity contribution is -0.136. The third kappa shape index (κ3) is 4.09. The van der Waals surface area contributed by atoms with Gasteiger partial charge in [0, 0.05) is 6.54 Å². The maximum absolute atomic E-state index is 11.9. The maximum atomic E-state index is 11.9. The number of ether oxygens (including phenoxy) is 1. The van der Waals surface area contributed by atoms with Crippen molar-refractivity contribution in [2.24, 2.45) is 0 Å². The number of rotatable bonds is 4. The Labute approximate surface area is 129 Å². The van der Waals surface area contributed by atoms with Gasteiger partial charge >= 0.3 is 11.8 Å². The SMILES string of the molecule is COc1ccccc1NC(=O)C(=O)NCc1cccc(C)c1. The molecule has 0 fully saturated rings. The van der Waals surface area contributed by atoms with Crippen LogP contribution in [0.3, 0.4) is 0 Å². The molecule has 0 heterocycles. The van der Waals surface area contributed by atoms with Gasteiger partial charge < -0.3 is 15.4 Å². The molecule has 0 bridgehead atoms. The van der Waals surface area contributed by atoms with Gasteiger partial charge in [-0.1, -0.05) is 42.0 Å². The number of hydrogen-bond donors (Lipinski definition) is 2. The van der Waals surface area contributed by atoms with Gasteiger partial charge in [0.1, 0.15) is 5.75 Å². The summed E-state index contributed by atoms with van der Waals surface area (Å²) in [5, 5.41) is 5.12. The summed E-state index contributed by atoms with van der Waals surface area (Å²) in [5.41, 5.74) is 2.50. The van der Waals surface area contributed by atoms with E-state index in [0.717, 1.165) is 11.1 Å². The first kappa shape index (κ1) is 15.6. The molecular weight excluding hydrogens is 280 g/mol. The van der Waals surface area contributed by atoms with Gasteiger partial charge in [-0.25, -0.2) is 0 Å². The number of anilines is 1. The Kier molecular flexibility index (Phi) is 5.14. The highest BCUT2D eigenvalue weighted by Gasteiger charge is 2.15. The molecule has 114 valence electrons. The molecule has 2 rings (SSSR count). The molecule has 22 heavy (non-hydrogen) atoms. The first-order valence-electron chi connectivity index (χ1n) is 6.88. The van der Waals surface area contributed by atoms with E-state index in [1.54, 1.807) is 24.3 Å². The van der Waals surface area contributed by atoms with Crippen molar-refractivity contribution < 1.29 is 14.3 Å². The monoisotopic (exact) mass is 298 g/mol. The first-order chi connectivity index (χ1) is 10.6. The summed E-state index contributed by atoms with van der Waals surface area (Å²) in [7, 11) is 1.50. The number of nitrogens with one attached hydrogen (secondary N) is 2. The fourth-order valence-electron chi connectivity index (χ4n) is 2.01. The molecular formula is C17H18N2O3. The van der Waals surface area contributed by atoms with E-state index in [0.29, 0.717) is 18.0 Å². The lowest BCUT2D eigenvalue weighted by Crippen LogP contribution is -2.35. The zero-order chi connectivity index (χ0) is 15.9. The molecule has 0 radical (unpaired) electrons. The van der Waals surface area contributed by atoms with Crippen molar-refractivity contribution in [1.29, 1.82) is 0 Å². The second-order valence-electron chi connectivity index (χ2n) is 4.83. The summed E-state index contributed by atoms with van der Waals surface area (Å²) in [6.07, 6.45) is 0. The Morgan fingerprint density at radius 3 is 2.55 bits per heavy atom. The standard InChI is InChI=1S/C17H18N2O3/c1-12-6-5-7-13(10-12)11-18-16(20)17(21)19-14-8-3-4-9-15(14)22-2/h3-10H,11H2,1-2H3,(H,18,20)(H,19,21). The van der Waals surface area contributed by atoms with E-state index < -0.39 is 11.8 Å². The number of amides is 2. The van der Waals surface area contributed by atoms with Crippen LogP contribution in [0.5, 0.6) is 5.75 Å². The minimum atomic E-state index is -0.725. The molecule has 0 spiro atoms. The predicted octanol–water partition coefficient (Wildman–Crippen LogP) is 2.26. The van der Waals surface area contributed by atoms with E-state index in [4.69, 9.17) is 4.74 Å². The first-order valence-corrected chi connectivity index (χ1v) is 6.88. The lowest BCUT2D eigenvalue weighted by atomic mass is 10.1. The zero-order valence-corrected chi connectivity index (χ0v) is 12.6. The van der Waals surface area contributed by atoms with Crippen LogP contribution >= 0.6 is 0 Å². The zero-order valence-electron chi connectivity index (χ0n) is 12.6. The van der Waals surface area contributed by atoms with Crippen molar-refractivity contribution in [3.05, 3.63) is 59.7 Å². The third-order valence-electron chi connectivity index (χ3n) is 3.10. The number of aryl methyl sites for hydroxylation is 1. The molecule has 0 aromatic heterocycles. The highest BCUT2D eigenvalue weighted by atomic mass is 16.5. The molecule has 0 atom stereocenters. The molecule has 0 saturated heterocycles. The normalized spacial score (nSPS) is 9.91. The molecule has 2 amide bonds. The van der Waals surface area contributed by atoms with Crippen LogP contribution in [0.4, 0.5) is 5.69 Å². The van der Waals surface area contributed by atoms with Crippen molar-refractivity contribution in [2.45, 2.75) is 13.5 Å². The van der Waals surface area contributed by atoms with Gasteiger partial charge in [-0.15, -0.1) is 0 Å². The molecule has 0 aliphatic heterocycles. The van der Waals surface area contributed by atoms with Gasteiger partial charge in [-0.2, -0.15) is 0 Å². The molecule has 5 heteroatoms. The van der Waals surface area contributed by atoms with Crippen molar-refractivity contribution in [3.8, 4) is 5.75 Å². The average molecular weight is 298 g/mol. The van der Waals surface area contributed by atoms with Crippen LogP contribution in [-0.2, 0) is 16.1 Å². The summed E-state index contributed by atoms with van der Waals surface area (Å²) in [5.74, 6) is -0.910. The molecule has 5 nitrogen and oxygen atoms in total. The number of carbonyl (C=O) groups excluding carboxylic acids is 2. The van der Waals surface area contributed by atoms with E-state index in [1.165, 1.54) is 7.11 Å². The quantitative estimate of drug-likeness (QED) is 0.851. The van der Waals surface area contributed by atoms with Crippen LogP contribution < -0.4 is 15.4 Å². The Hall–Kier alpha value is -2.82. The van der Waals surface area contributed by atoms with Gasteiger partial charge in [-0.3, -0.25) is 9.59 Å². The smallest absolute Gasteiger partial charge is 0.313 e. The molecule has 2 N–H and O–H groups in total. The second kappa shape index (κ2) is 7.26. The largest absolute Gasteiger partial charge is 0.495 e. The summed E-state index contributed by atoms with van der Waals surface area (Å²) < 4.78 is 5.12. The topological polar surface area (TPSA) is 67.4 Å². The number of carbonyl (C=O) groups is 2. The Morgan fingerprint density at radius 1 is 1.05 bits per heavy atom. The van der Waals surface area contributed by atoms with Gasteiger partial charge in [-0.05, 0) is 24.6 Å². The summed E-state index contributed by atoms with van der Waals surface area (Å²) in [6, 6.07) is 14.6. The highest BCUT2D eigenvalue weighted by molar-refractivity contribution is 6.39. The number of benzene rings is 2. The van der Waals surface area contributed by atoms with Crippen molar-refractivity contribution in [3.63, 3.8) is 0 Å². The van der Waals surface area contributed by atoms with Gasteiger partial charge in [0.2, 0.25) is 0 Å². The van der Waals surface area contributed by atoms with Crippen LogP contribution in [0, 0.1) is 6.92 Å². The average Bonchev–Trinajstić information content (AvgIpc) is 2.53. The Bertz CT molecular complexity index is 683. The molecule has 0 aliphatic rings. The van der Waals surface area contributed by atoms with Crippen molar-refractivity contribution >= 4 is 17.5 Å². The maximum Gasteiger partial charge on any atom is 0.313 e. The minimum absolute atomic E-state index is 0.305. The molecule has 0 aliphatic carbocycles. The number of para-hydroxylation sites is 2. The highest BCUT2D eigenvalue weighted by Crippen LogP contribution is 2.22. The second-order valence-corrected chi connectivity index (χ2v) is 4.83. The summed E-state index contributed by atoms with van der Waals surface area (Å²) >= 11 is 0. The van der Waals surface area contributed by atoms with Crippen LogP contribution in [0.25, 0.3) is 0 Å². The van der Waals surface area contributed by atoms with Crippen molar-refractivity contribution in [2.75, 3.05) is 12.4 Å². The van der Waals surface area contributed by atoms with E-state index >= 15 is 0 Å². The van der Waals surface area contributed by atoms with Gasteiger partial charge in [0.05, 0.1) is 12.8 Å². The van der Waals surface area contributed by atoms with Crippen LogP contribution in [0.15, 0.2) is 48.5 Å². The van der Waals surface area contributed by atoms with Crippen LogP contribution in [0.2, 0.25) is 0 Å². The van der Waals surface area contributed by atoms with Crippen LogP contribution in [-0.4, -0.2) is 18.9 Å². The van der Waals surface area contributed by atoms with Gasteiger partial charge in [0.15, 0.2) is 0 Å². The number of hydrogen-bond acceptors (Lipinski definition) is 3. The molecule has 0 saturated carbocycles. The fraction of sp³-hybridized carbons (Fsp3) is 0.176. The lowest BCUT2D eigenvalue weighted by Gasteiger charge is -2.10. The van der Waals surface area contributed by atoms with Gasteiger partial charge in [0.25, 0.3) is 0 Å². The summed E-state index contributed by atoms with van der Waals surface area (Å²) in [6.45, 7) is 2.28. The fourth-order valence-corrected chi connectivity index (χ4v) is 2.01. The minimum Gasteiger partial charge on any atom is -0.495 e. The third-order valence-corrected chi connectivity index (χ3v) is 3.10. The molecule has 2 aromatic carbocycles. The van der Waals surface area contributed by atoms with E-state index in [2.05, 4.69) is 10.6 Å². The predicted molar refractivity (Wildman–Crippen MR) is 84.6 cm³/mol. The van der Waals surface area contributed by atoms with E-state index in [9.17, 15) is 9.59 Å².